The van der Waals surface area contributed by atoms with Gasteiger partial charge in [-0.2, -0.15) is 0 Å². The molecule has 42 heavy (non-hydrogen) atoms. The molecule has 7 heteroatoms. The molecule has 0 spiro atoms. The van der Waals surface area contributed by atoms with Crippen LogP contribution in [0.15, 0.2) is 54.1 Å². The van der Waals surface area contributed by atoms with Gasteiger partial charge in [-0.25, -0.2) is 0 Å². The number of hydrogen-bond acceptors (Lipinski definition) is 5. The summed E-state index contributed by atoms with van der Waals surface area (Å²) >= 11 is 0. The van der Waals surface area contributed by atoms with Crippen LogP contribution in [0.5, 0.6) is 0 Å². The summed E-state index contributed by atoms with van der Waals surface area (Å²) < 4.78 is 18.9. The first-order valence-corrected chi connectivity index (χ1v) is 19.0. The molecule has 1 aromatic rings. The van der Waals surface area contributed by atoms with Gasteiger partial charge in [0.05, 0.1) is 31.0 Å². The highest BCUT2D eigenvalue weighted by Crippen LogP contribution is 2.41. The maximum Gasteiger partial charge on any atom is 0.220 e. The van der Waals surface area contributed by atoms with Crippen molar-refractivity contribution in [1.82, 2.24) is 5.32 Å². The minimum atomic E-state index is -1.98. The molecular weight excluding hydrogens is 542 g/mol. The van der Waals surface area contributed by atoms with Gasteiger partial charge in [0, 0.05) is 26.0 Å². The minimum absolute atomic E-state index is 0.0216. The summed E-state index contributed by atoms with van der Waals surface area (Å²) in [4.78, 5) is 12.6. The number of hydrogen-bond donors (Lipinski definition) is 2. The van der Waals surface area contributed by atoms with Crippen molar-refractivity contribution in [1.29, 1.82) is 0 Å². The lowest BCUT2D eigenvalue weighted by molar-refractivity contribution is -0.121. The fourth-order valence-corrected chi connectivity index (χ4v) is 6.50. The average Bonchev–Trinajstić information content (AvgIpc) is 2.95. The lowest BCUT2D eigenvalue weighted by Crippen LogP contribution is -2.50. The molecule has 2 N–H and O–H groups in total. The molecule has 5 atom stereocenters. The lowest BCUT2D eigenvalue weighted by Gasteiger charge is -2.44. The van der Waals surface area contributed by atoms with Crippen LogP contribution in [0, 0.1) is 5.92 Å². The number of ether oxygens (including phenoxy) is 2. The molecule has 1 aromatic carbocycles. The Bertz CT molecular complexity index is 971. The van der Waals surface area contributed by atoms with Crippen LogP contribution in [0.2, 0.25) is 18.1 Å². The Hall–Kier alpha value is -1.77. The molecule has 0 saturated carbocycles. The standard InChI is InChI=1S/C35H59NO5Si/c1-9-10-13-20-29(39-6)21-16-12-17-22-33(38)36-25-31(37)30-23-24-32(41-42(7,8)35(3,4)5)27(2)34(30)40-26-28-18-14-11-15-19-28/h11-12,14-16,18-19,23,27,29,31-32,34,37H,9-10,13,17,20-22,24-26H2,1-8H3,(H,36,38)/b16-12+/t27-,29+,31+,32-,34-/m1/s1. The molecule has 0 radical (unpaired) electrons. The van der Waals surface area contributed by atoms with Crippen molar-refractivity contribution in [3.63, 3.8) is 0 Å². The number of aliphatic hydroxyl groups is 1. The van der Waals surface area contributed by atoms with Gasteiger partial charge in [-0.15, -0.1) is 0 Å². The third-order valence-corrected chi connectivity index (χ3v) is 13.5. The number of unbranched alkanes of at least 4 members (excludes halogenated alkanes) is 2. The van der Waals surface area contributed by atoms with Gasteiger partial charge in [0.25, 0.3) is 0 Å². The van der Waals surface area contributed by atoms with Crippen LogP contribution in [-0.4, -0.2) is 57.4 Å². The number of benzene rings is 1. The monoisotopic (exact) mass is 601 g/mol. The van der Waals surface area contributed by atoms with E-state index < -0.39 is 14.4 Å². The van der Waals surface area contributed by atoms with E-state index in [9.17, 15) is 9.90 Å². The molecule has 0 fully saturated rings. The van der Waals surface area contributed by atoms with Crippen LogP contribution >= 0.6 is 0 Å². The second-order valence-electron chi connectivity index (χ2n) is 13.4. The molecule has 0 heterocycles. The molecule has 1 amide bonds. The zero-order chi connectivity index (χ0) is 31.2. The third kappa shape index (κ3) is 12.1. The van der Waals surface area contributed by atoms with E-state index in [1.54, 1.807) is 7.11 Å². The van der Waals surface area contributed by atoms with E-state index in [2.05, 4.69) is 71.3 Å². The number of allylic oxidation sites excluding steroid dienone is 1. The quantitative estimate of drug-likeness (QED) is 0.102. The van der Waals surface area contributed by atoms with E-state index in [1.165, 1.54) is 19.3 Å². The zero-order valence-corrected chi connectivity index (χ0v) is 28.7. The average molecular weight is 602 g/mol. The Balaban J connectivity index is 1.96. The first-order chi connectivity index (χ1) is 19.9. The predicted molar refractivity (Wildman–Crippen MR) is 176 cm³/mol. The molecule has 0 aromatic heterocycles. The first-order valence-electron chi connectivity index (χ1n) is 16.1. The van der Waals surface area contributed by atoms with Gasteiger partial charge in [-0.3, -0.25) is 4.79 Å². The SMILES string of the molecule is CCCCC[C@@H](C/C=C/CCC(=O)NC[C@H](O)C1=CC[C@@H](O[Si](C)(C)C(C)(C)C)[C@@H](C)[C@H]1OCc1ccccc1)OC. The maximum absolute atomic E-state index is 12.6. The molecule has 0 aliphatic heterocycles. The van der Waals surface area contributed by atoms with E-state index in [0.717, 1.165) is 30.4 Å². The summed E-state index contributed by atoms with van der Waals surface area (Å²) in [5, 5.41) is 14.3. The third-order valence-electron chi connectivity index (χ3n) is 8.95. The summed E-state index contributed by atoms with van der Waals surface area (Å²) in [6, 6.07) is 10.1. The number of nitrogens with one attached hydrogen (secondary N) is 1. The molecule has 1 aliphatic rings. The maximum atomic E-state index is 12.6. The normalized spacial score (nSPS) is 21.3. The highest BCUT2D eigenvalue weighted by molar-refractivity contribution is 6.74. The predicted octanol–water partition coefficient (Wildman–Crippen LogP) is 7.73. The van der Waals surface area contributed by atoms with Crippen molar-refractivity contribution < 1.29 is 23.8 Å². The highest BCUT2D eigenvalue weighted by Gasteiger charge is 2.43. The molecule has 6 nitrogen and oxygen atoms in total. The lowest BCUT2D eigenvalue weighted by atomic mass is 9.82. The summed E-state index contributed by atoms with van der Waals surface area (Å²) in [7, 11) is -0.214. The Morgan fingerprint density at radius 3 is 2.52 bits per heavy atom. The second-order valence-corrected chi connectivity index (χ2v) is 18.1. The summed E-state index contributed by atoms with van der Waals surface area (Å²) in [6.45, 7) is 16.3. The molecule has 2 rings (SSSR count). The van der Waals surface area contributed by atoms with Gasteiger partial charge in [-0.05, 0) is 55.0 Å². The van der Waals surface area contributed by atoms with Crippen molar-refractivity contribution in [3.8, 4) is 0 Å². The molecular formula is C35H59NO5Si. The fraction of sp³-hybridized carbons (Fsp3) is 0.686. The largest absolute Gasteiger partial charge is 0.413 e. The number of methoxy groups -OCH3 is 1. The Morgan fingerprint density at radius 2 is 1.88 bits per heavy atom. The second kappa shape index (κ2) is 18.1. The van der Waals surface area contributed by atoms with Gasteiger partial charge in [-0.1, -0.05) is 102 Å². The smallest absolute Gasteiger partial charge is 0.220 e. The molecule has 238 valence electrons. The number of amides is 1. The van der Waals surface area contributed by atoms with Crippen LogP contribution < -0.4 is 5.32 Å². The van der Waals surface area contributed by atoms with Crippen LogP contribution in [-0.2, 0) is 25.3 Å². The van der Waals surface area contributed by atoms with Crippen LogP contribution in [0.4, 0.5) is 0 Å². The number of rotatable bonds is 18. The zero-order valence-electron chi connectivity index (χ0n) is 27.7. The topological polar surface area (TPSA) is 77.0 Å². The highest BCUT2D eigenvalue weighted by atomic mass is 28.4. The van der Waals surface area contributed by atoms with Crippen molar-refractivity contribution in [3.05, 3.63) is 59.7 Å². The number of carbonyl (C=O) groups is 1. The van der Waals surface area contributed by atoms with Crippen LogP contribution in [0.1, 0.15) is 91.5 Å². The van der Waals surface area contributed by atoms with Crippen molar-refractivity contribution >= 4 is 14.2 Å². The van der Waals surface area contributed by atoms with E-state index >= 15 is 0 Å². The number of aliphatic hydroxyl groups excluding tert-OH is 1. The van der Waals surface area contributed by atoms with Crippen molar-refractivity contribution in [2.75, 3.05) is 13.7 Å². The summed E-state index contributed by atoms with van der Waals surface area (Å²) in [5.74, 6) is 0.00603. The van der Waals surface area contributed by atoms with Crippen molar-refractivity contribution in [2.45, 2.75) is 135 Å². The van der Waals surface area contributed by atoms with Gasteiger partial charge in [0.15, 0.2) is 8.32 Å². The molecule has 0 bridgehead atoms. The Labute approximate surface area is 257 Å². The fourth-order valence-electron chi connectivity index (χ4n) is 5.08. The van der Waals surface area contributed by atoms with Gasteiger partial charge in [0.2, 0.25) is 5.91 Å². The van der Waals surface area contributed by atoms with Crippen molar-refractivity contribution in [2.24, 2.45) is 5.92 Å². The van der Waals surface area contributed by atoms with E-state index in [1.807, 2.05) is 30.3 Å². The molecule has 1 aliphatic carbocycles. The van der Waals surface area contributed by atoms with E-state index in [0.29, 0.717) is 19.4 Å². The van der Waals surface area contributed by atoms with Gasteiger partial charge < -0.3 is 24.3 Å². The first kappa shape index (κ1) is 36.4. The molecule has 0 unspecified atom stereocenters. The summed E-state index contributed by atoms with van der Waals surface area (Å²) in [6.07, 6.45) is 12.8. The van der Waals surface area contributed by atoms with Gasteiger partial charge >= 0.3 is 0 Å². The van der Waals surface area contributed by atoms with Gasteiger partial charge in [0.1, 0.15) is 0 Å². The van der Waals surface area contributed by atoms with Crippen LogP contribution in [0.25, 0.3) is 0 Å². The number of carbonyl (C=O) groups excluding carboxylic acids is 1. The summed E-state index contributed by atoms with van der Waals surface area (Å²) in [5.41, 5.74) is 1.92. The Morgan fingerprint density at radius 1 is 1.17 bits per heavy atom. The minimum Gasteiger partial charge on any atom is -0.413 e. The molecule has 0 saturated heterocycles. The Kier molecular flexibility index (Phi) is 15.7. The van der Waals surface area contributed by atoms with E-state index in [-0.39, 0.29) is 41.7 Å². The van der Waals surface area contributed by atoms with Crippen LogP contribution in [0.3, 0.4) is 0 Å². The van der Waals surface area contributed by atoms with E-state index in [4.69, 9.17) is 13.9 Å².